The Bertz CT molecular complexity index is 253. The zero-order valence-electron chi connectivity index (χ0n) is 6.87. The van der Waals surface area contributed by atoms with Crippen molar-refractivity contribution in [2.75, 3.05) is 0 Å². The van der Waals surface area contributed by atoms with E-state index in [1.54, 1.807) is 10.9 Å². The summed E-state index contributed by atoms with van der Waals surface area (Å²) in [5, 5.41) is 4.06. The quantitative estimate of drug-likeness (QED) is 0.614. The maximum Gasteiger partial charge on any atom is 0.168 e. The second kappa shape index (κ2) is 3.32. The van der Waals surface area contributed by atoms with E-state index < -0.39 is 0 Å². The SMILES string of the molecule is CCCn1ncc(C)c1C=O. The number of hydrogen-bond donors (Lipinski definition) is 0. The summed E-state index contributed by atoms with van der Waals surface area (Å²) in [6.07, 6.45) is 3.58. The van der Waals surface area contributed by atoms with Gasteiger partial charge in [0.1, 0.15) is 5.69 Å². The molecule has 0 aromatic carbocycles. The molecule has 0 aliphatic rings. The van der Waals surface area contributed by atoms with Crippen molar-refractivity contribution < 1.29 is 4.79 Å². The van der Waals surface area contributed by atoms with E-state index in [-0.39, 0.29) is 0 Å². The maximum absolute atomic E-state index is 10.5. The van der Waals surface area contributed by atoms with Crippen LogP contribution in [-0.4, -0.2) is 16.1 Å². The average Bonchev–Trinajstić information content (AvgIpc) is 2.33. The van der Waals surface area contributed by atoms with Gasteiger partial charge in [-0.3, -0.25) is 9.48 Å². The third-order valence-corrected chi connectivity index (χ3v) is 1.62. The number of carbonyl (C=O) groups is 1. The first kappa shape index (κ1) is 7.98. The van der Waals surface area contributed by atoms with Gasteiger partial charge in [0.15, 0.2) is 6.29 Å². The Hall–Kier alpha value is -1.12. The Morgan fingerprint density at radius 3 is 3.00 bits per heavy atom. The molecule has 0 atom stereocenters. The van der Waals surface area contributed by atoms with Crippen LogP contribution in [0.5, 0.6) is 0 Å². The molecular weight excluding hydrogens is 140 g/mol. The van der Waals surface area contributed by atoms with E-state index in [1.807, 2.05) is 6.92 Å². The normalized spacial score (nSPS) is 10.0. The highest BCUT2D eigenvalue weighted by atomic mass is 16.1. The summed E-state index contributed by atoms with van der Waals surface area (Å²) >= 11 is 0. The van der Waals surface area contributed by atoms with Crippen molar-refractivity contribution in [2.24, 2.45) is 0 Å². The van der Waals surface area contributed by atoms with Gasteiger partial charge in [0, 0.05) is 6.54 Å². The molecule has 1 aromatic heterocycles. The van der Waals surface area contributed by atoms with Crippen LogP contribution < -0.4 is 0 Å². The molecule has 0 saturated heterocycles. The molecule has 0 saturated carbocycles. The lowest BCUT2D eigenvalue weighted by Crippen LogP contribution is -2.03. The fraction of sp³-hybridized carbons (Fsp3) is 0.500. The van der Waals surface area contributed by atoms with Gasteiger partial charge in [-0.05, 0) is 18.9 Å². The third kappa shape index (κ3) is 1.48. The van der Waals surface area contributed by atoms with Crippen molar-refractivity contribution in [1.29, 1.82) is 0 Å². The molecule has 0 aliphatic heterocycles. The number of aryl methyl sites for hydroxylation is 2. The molecule has 0 spiro atoms. The lowest BCUT2D eigenvalue weighted by molar-refractivity contribution is 0.111. The van der Waals surface area contributed by atoms with Gasteiger partial charge in [0.25, 0.3) is 0 Å². The van der Waals surface area contributed by atoms with Crippen LogP contribution >= 0.6 is 0 Å². The smallest absolute Gasteiger partial charge is 0.168 e. The van der Waals surface area contributed by atoms with E-state index in [4.69, 9.17) is 0 Å². The molecule has 0 amide bonds. The molecule has 3 nitrogen and oxygen atoms in total. The molecule has 0 fully saturated rings. The Kier molecular flexibility index (Phi) is 2.41. The Balaban J connectivity index is 2.95. The molecule has 3 heteroatoms. The minimum atomic E-state index is 0.701. The van der Waals surface area contributed by atoms with Gasteiger partial charge in [-0.15, -0.1) is 0 Å². The summed E-state index contributed by atoms with van der Waals surface area (Å²) in [5.41, 5.74) is 1.65. The number of carbonyl (C=O) groups excluding carboxylic acids is 1. The highest BCUT2D eigenvalue weighted by Crippen LogP contribution is 2.03. The van der Waals surface area contributed by atoms with E-state index in [0.717, 1.165) is 24.8 Å². The number of rotatable bonds is 3. The standard InChI is InChI=1S/C8H12N2O/c1-3-4-10-8(6-11)7(2)5-9-10/h5-6H,3-4H2,1-2H3. The van der Waals surface area contributed by atoms with E-state index in [1.165, 1.54) is 0 Å². The van der Waals surface area contributed by atoms with E-state index in [0.29, 0.717) is 5.69 Å². The van der Waals surface area contributed by atoms with Gasteiger partial charge in [0.2, 0.25) is 0 Å². The molecular formula is C8H12N2O. The number of aldehydes is 1. The zero-order valence-corrected chi connectivity index (χ0v) is 6.87. The number of aromatic nitrogens is 2. The number of nitrogens with zero attached hydrogens (tertiary/aromatic N) is 2. The van der Waals surface area contributed by atoms with Gasteiger partial charge < -0.3 is 0 Å². The molecule has 1 rings (SSSR count). The minimum absolute atomic E-state index is 0.701. The van der Waals surface area contributed by atoms with Crippen LogP contribution in [0.2, 0.25) is 0 Å². The molecule has 1 aromatic rings. The fourth-order valence-corrected chi connectivity index (χ4v) is 1.03. The first-order valence-corrected chi connectivity index (χ1v) is 3.77. The first-order chi connectivity index (χ1) is 5.29. The van der Waals surface area contributed by atoms with Crippen molar-refractivity contribution >= 4 is 6.29 Å². The van der Waals surface area contributed by atoms with Gasteiger partial charge in [-0.25, -0.2) is 0 Å². The highest BCUT2D eigenvalue weighted by Gasteiger charge is 2.03. The van der Waals surface area contributed by atoms with Crippen molar-refractivity contribution in [1.82, 2.24) is 9.78 Å². The van der Waals surface area contributed by atoms with Crippen molar-refractivity contribution in [3.8, 4) is 0 Å². The molecule has 11 heavy (non-hydrogen) atoms. The predicted octanol–water partition coefficient (Wildman–Crippen LogP) is 1.41. The largest absolute Gasteiger partial charge is 0.296 e. The number of hydrogen-bond acceptors (Lipinski definition) is 2. The third-order valence-electron chi connectivity index (χ3n) is 1.62. The van der Waals surface area contributed by atoms with E-state index >= 15 is 0 Å². The maximum atomic E-state index is 10.5. The van der Waals surface area contributed by atoms with Crippen LogP contribution in [0, 0.1) is 6.92 Å². The van der Waals surface area contributed by atoms with E-state index in [2.05, 4.69) is 12.0 Å². The minimum Gasteiger partial charge on any atom is -0.296 e. The Labute approximate surface area is 66.0 Å². The summed E-state index contributed by atoms with van der Waals surface area (Å²) in [6, 6.07) is 0. The fourth-order valence-electron chi connectivity index (χ4n) is 1.03. The van der Waals surface area contributed by atoms with Crippen LogP contribution in [0.15, 0.2) is 6.20 Å². The van der Waals surface area contributed by atoms with Gasteiger partial charge >= 0.3 is 0 Å². The summed E-state index contributed by atoms with van der Waals surface area (Å²) in [7, 11) is 0. The summed E-state index contributed by atoms with van der Waals surface area (Å²) in [4.78, 5) is 10.5. The lowest BCUT2D eigenvalue weighted by Gasteiger charge is -1.99. The van der Waals surface area contributed by atoms with Gasteiger partial charge in [0.05, 0.1) is 6.20 Å². The monoisotopic (exact) mass is 152 g/mol. The Morgan fingerprint density at radius 2 is 2.45 bits per heavy atom. The van der Waals surface area contributed by atoms with Crippen LogP contribution in [0.3, 0.4) is 0 Å². The van der Waals surface area contributed by atoms with Crippen molar-refractivity contribution in [3.05, 3.63) is 17.5 Å². The molecule has 0 unspecified atom stereocenters. The van der Waals surface area contributed by atoms with Crippen LogP contribution in [0.4, 0.5) is 0 Å². The summed E-state index contributed by atoms with van der Waals surface area (Å²) in [6.45, 7) is 4.77. The molecule has 60 valence electrons. The second-order valence-corrected chi connectivity index (χ2v) is 2.55. The van der Waals surface area contributed by atoms with Gasteiger partial charge in [-0.1, -0.05) is 6.92 Å². The topological polar surface area (TPSA) is 34.9 Å². The molecule has 0 bridgehead atoms. The summed E-state index contributed by atoms with van der Waals surface area (Å²) < 4.78 is 1.74. The molecule has 0 N–H and O–H groups in total. The highest BCUT2D eigenvalue weighted by molar-refractivity contribution is 5.74. The lowest BCUT2D eigenvalue weighted by atomic mass is 10.3. The first-order valence-electron chi connectivity index (χ1n) is 3.77. The molecule has 0 aliphatic carbocycles. The second-order valence-electron chi connectivity index (χ2n) is 2.55. The Morgan fingerprint density at radius 1 is 1.73 bits per heavy atom. The average molecular weight is 152 g/mol. The molecule has 0 radical (unpaired) electrons. The van der Waals surface area contributed by atoms with Crippen molar-refractivity contribution in [2.45, 2.75) is 26.8 Å². The van der Waals surface area contributed by atoms with Crippen LogP contribution in [-0.2, 0) is 6.54 Å². The molecule has 1 heterocycles. The summed E-state index contributed by atoms with van der Waals surface area (Å²) in [5.74, 6) is 0. The van der Waals surface area contributed by atoms with E-state index in [9.17, 15) is 4.79 Å². The predicted molar refractivity (Wildman–Crippen MR) is 42.6 cm³/mol. The van der Waals surface area contributed by atoms with Crippen molar-refractivity contribution in [3.63, 3.8) is 0 Å². The van der Waals surface area contributed by atoms with Crippen LogP contribution in [0.25, 0.3) is 0 Å². The van der Waals surface area contributed by atoms with Crippen LogP contribution in [0.1, 0.15) is 29.4 Å². The zero-order chi connectivity index (χ0) is 8.27. The van der Waals surface area contributed by atoms with Gasteiger partial charge in [-0.2, -0.15) is 5.10 Å².